The molecule has 0 saturated heterocycles. The summed E-state index contributed by atoms with van der Waals surface area (Å²) in [7, 11) is 0. The van der Waals surface area contributed by atoms with Crippen molar-refractivity contribution in [2.24, 2.45) is 0 Å². The number of nitrogens with zero attached hydrogens (tertiary/aromatic N) is 1. The van der Waals surface area contributed by atoms with Gasteiger partial charge in [0.2, 0.25) is 0 Å². The van der Waals surface area contributed by atoms with Crippen LogP contribution in [0.4, 0.5) is 0 Å². The third-order valence-corrected chi connectivity index (χ3v) is 2.47. The van der Waals surface area contributed by atoms with Crippen molar-refractivity contribution in [1.82, 2.24) is 0 Å². The summed E-state index contributed by atoms with van der Waals surface area (Å²) in [6, 6.07) is 2.15. The Bertz CT molecular complexity index is 208. The van der Waals surface area contributed by atoms with Gasteiger partial charge in [-0.1, -0.05) is 32.1 Å². The van der Waals surface area contributed by atoms with Crippen LogP contribution in [-0.2, 0) is 9.53 Å². The van der Waals surface area contributed by atoms with Crippen LogP contribution in [0, 0.1) is 11.3 Å². The molecule has 0 spiro atoms. The van der Waals surface area contributed by atoms with Gasteiger partial charge in [-0.15, -0.1) is 0 Å². The first-order valence-corrected chi connectivity index (χ1v) is 6.33. The molecule has 92 valence electrons. The molecule has 0 rings (SSSR count). The topological polar surface area (TPSA) is 50.1 Å². The summed E-state index contributed by atoms with van der Waals surface area (Å²) >= 11 is 0. The van der Waals surface area contributed by atoms with Crippen LogP contribution in [0.3, 0.4) is 0 Å². The molecule has 0 heterocycles. The predicted molar refractivity (Wildman–Crippen MR) is 63.8 cm³/mol. The van der Waals surface area contributed by atoms with E-state index in [0.717, 1.165) is 25.7 Å². The second-order valence-corrected chi connectivity index (χ2v) is 3.94. The van der Waals surface area contributed by atoms with Gasteiger partial charge in [-0.3, -0.25) is 4.79 Å². The summed E-state index contributed by atoms with van der Waals surface area (Å²) in [6.45, 7) is 2.32. The van der Waals surface area contributed by atoms with E-state index in [2.05, 4.69) is 6.07 Å². The number of rotatable bonds is 10. The monoisotopic (exact) mass is 225 g/mol. The van der Waals surface area contributed by atoms with E-state index in [1.165, 1.54) is 19.3 Å². The average Bonchev–Trinajstić information content (AvgIpc) is 2.27. The number of hydrogen-bond donors (Lipinski definition) is 0. The standard InChI is InChI=1S/C13H23NO2/c1-2-16-13(15)11-9-7-5-3-4-6-8-10-12-14/h2-11H2,1H3. The molecule has 0 aliphatic heterocycles. The second-order valence-electron chi connectivity index (χ2n) is 3.94. The molecule has 16 heavy (non-hydrogen) atoms. The lowest BCUT2D eigenvalue weighted by Crippen LogP contribution is -2.03. The SMILES string of the molecule is CCOC(=O)CCCCCCCCCC#N. The van der Waals surface area contributed by atoms with Crippen LogP contribution < -0.4 is 0 Å². The number of unbranched alkanes of at least 4 members (excludes halogenated alkanes) is 7. The van der Waals surface area contributed by atoms with Gasteiger partial charge in [0.1, 0.15) is 0 Å². The van der Waals surface area contributed by atoms with Gasteiger partial charge >= 0.3 is 5.97 Å². The Morgan fingerprint density at radius 3 is 2.19 bits per heavy atom. The van der Waals surface area contributed by atoms with Gasteiger partial charge in [0.05, 0.1) is 12.7 Å². The van der Waals surface area contributed by atoms with Gasteiger partial charge in [-0.2, -0.15) is 5.26 Å². The van der Waals surface area contributed by atoms with Gasteiger partial charge in [-0.05, 0) is 19.8 Å². The van der Waals surface area contributed by atoms with Crippen molar-refractivity contribution in [2.75, 3.05) is 6.61 Å². The second kappa shape index (κ2) is 12.0. The molecule has 0 amide bonds. The maximum atomic E-state index is 11.0. The van der Waals surface area contributed by atoms with E-state index in [0.29, 0.717) is 19.4 Å². The lowest BCUT2D eigenvalue weighted by atomic mass is 10.1. The van der Waals surface area contributed by atoms with E-state index in [4.69, 9.17) is 10.00 Å². The molecule has 3 nitrogen and oxygen atoms in total. The van der Waals surface area contributed by atoms with E-state index in [1.807, 2.05) is 6.92 Å². The van der Waals surface area contributed by atoms with E-state index in [9.17, 15) is 4.79 Å². The van der Waals surface area contributed by atoms with Gasteiger partial charge < -0.3 is 4.74 Å². The van der Waals surface area contributed by atoms with Crippen LogP contribution in [0.1, 0.15) is 64.7 Å². The molecule has 0 fully saturated rings. The highest BCUT2D eigenvalue weighted by Crippen LogP contribution is 2.09. The third kappa shape index (κ3) is 11.0. The highest BCUT2D eigenvalue weighted by molar-refractivity contribution is 5.69. The van der Waals surface area contributed by atoms with E-state index < -0.39 is 0 Å². The Balaban J connectivity index is 3.04. The highest BCUT2D eigenvalue weighted by Gasteiger charge is 2.00. The van der Waals surface area contributed by atoms with Gasteiger partial charge in [0, 0.05) is 12.8 Å². The molecule has 0 saturated carbocycles. The van der Waals surface area contributed by atoms with Crippen molar-refractivity contribution in [3.63, 3.8) is 0 Å². The summed E-state index contributed by atoms with van der Waals surface area (Å²) in [6.07, 6.45) is 9.09. The first-order valence-electron chi connectivity index (χ1n) is 6.33. The molecule has 3 heteroatoms. The highest BCUT2D eigenvalue weighted by atomic mass is 16.5. The fourth-order valence-corrected chi connectivity index (χ4v) is 1.59. The van der Waals surface area contributed by atoms with Gasteiger partial charge in [0.25, 0.3) is 0 Å². The van der Waals surface area contributed by atoms with Crippen molar-refractivity contribution in [3.8, 4) is 6.07 Å². The predicted octanol–water partition coefficient (Wildman–Crippen LogP) is 3.58. The fourth-order valence-electron chi connectivity index (χ4n) is 1.59. The van der Waals surface area contributed by atoms with Crippen molar-refractivity contribution < 1.29 is 9.53 Å². The molecule has 0 aromatic rings. The molecule has 0 unspecified atom stereocenters. The quantitative estimate of drug-likeness (QED) is 0.422. The average molecular weight is 225 g/mol. The number of carbonyl (C=O) groups excluding carboxylic acids is 1. The Hall–Kier alpha value is -1.04. The third-order valence-electron chi connectivity index (χ3n) is 2.47. The first-order chi connectivity index (χ1) is 7.81. The minimum absolute atomic E-state index is 0.0727. The first kappa shape index (κ1) is 15.0. The van der Waals surface area contributed by atoms with Crippen LogP contribution in [-0.4, -0.2) is 12.6 Å². The van der Waals surface area contributed by atoms with Crippen molar-refractivity contribution in [2.45, 2.75) is 64.7 Å². The summed E-state index contributed by atoms with van der Waals surface area (Å²) in [4.78, 5) is 11.0. The lowest BCUT2D eigenvalue weighted by Gasteiger charge is -2.02. The molecular formula is C13H23NO2. The van der Waals surface area contributed by atoms with E-state index in [-0.39, 0.29) is 5.97 Å². The van der Waals surface area contributed by atoms with Crippen LogP contribution in [0.25, 0.3) is 0 Å². The molecule has 0 aromatic carbocycles. The minimum atomic E-state index is -0.0727. The maximum absolute atomic E-state index is 11.0. The van der Waals surface area contributed by atoms with Crippen LogP contribution in [0.5, 0.6) is 0 Å². The lowest BCUT2D eigenvalue weighted by molar-refractivity contribution is -0.143. The van der Waals surface area contributed by atoms with Crippen LogP contribution >= 0.6 is 0 Å². The Morgan fingerprint density at radius 2 is 1.62 bits per heavy atom. The summed E-state index contributed by atoms with van der Waals surface area (Å²) in [5.41, 5.74) is 0. The zero-order valence-corrected chi connectivity index (χ0v) is 10.3. The maximum Gasteiger partial charge on any atom is 0.305 e. The fraction of sp³-hybridized carbons (Fsp3) is 0.846. The van der Waals surface area contributed by atoms with Gasteiger partial charge in [0.15, 0.2) is 0 Å². The zero-order valence-electron chi connectivity index (χ0n) is 10.3. The largest absolute Gasteiger partial charge is 0.466 e. The van der Waals surface area contributed by atoms with E-state index in [1.54, 1.807) is 0 Å². The molecule has 0 aromatic heterocycles. The normalized spacial score (nSPS) is 9.75. The molecular weight excluding hydrogens is 202 g/mol. The number of carbonyl (C=O) groups is 1. The number of nitriles is 1. The Labute approximate surface area is 98.8 Å². The van der Waals surface area contributed by atoms with Crippen molar-refractivity contribution >= 4 is 5.97 Å². The summed E-state index contributed by atoms with van der Waals surface area (Å²) in [5, 5.41) is 8.34. The zero-order chi connectivity index (χ0) is 12.1. The Kier molecular flexibility index (Phi) is 11.2. The van der Waals surface area contributed by atoms with Crippen LogP contribution in [0.2, 0.25) is 0 Å². The van der Waals surface area contributed by atoms with Gasteiger partial charge in [-0.25, -0.2) is 0 Å². The molecule has 0 N–H and O–H groups in total. The number of hydrogen-bond acceptors (Lipinski definition) is 3. The smallest absolute Gasteiger partial charge is 0.305 e. The van der Waals surface area contributed by atoms with E-state index >= 15 is 0 Å². The van der Waals surface area contributed by atoms with Crippen molar-refractivity contribution in [1.29, 1.82) is 5.26 Å². The number of ether oxygens (including phenoxy) is 1. The minimum Gasteiger partial charge on any atom is -0.466 e. The molecule has 0 atom stereocenters. The molecule has 0 aliphatic rings. The molecule has 0 aliphatic carbocycles. The summed E-state index contributed by atoms with van der Waals surface area (Å²) in [5.74, 6) is -0.0727. The summed E-state index contributed by atoms with van der Waals surface area (Å²) < 4.78 is 4.84. The molecule has 0 bridgehead atoms. The number of esters is 1. The van der Waals surface area contributed by atoms with Crippen molar-refractivity contribution in [3.05, 3.63) is 0 Å². The Morgan fingerprint density at radius 1 is 1.06 bits per heavy atom. The molecule has 0 radical (unpaired) electrons. The van der Waals surface area contributed by atoms with Crippen LogP contribution in [0.15, 0.2) is 0 Å².